The molecule has 19 heavy (non-hydrogen) atoms. The van der Waals surface area contributed by atoms with Crippen LogP contribution in [0, 0.1) is 5.82 Å². The van der Waals surface area contributed by atoms with Crippen LogP contribution in [0.4, 0.5) is 4.39 Å². The monoisotopic (exact) mass is 267 g/mol. The van der Waals surface area contributed by atoms with Crippen molar-refractivity contribution in [1.29, 1.82) is 0 Å². The van der Waals surface area contributed by atoms with E-state index in [0.717, 1.165) is 0 Å². The Morgan fingerprint density at radius 1 is 1.42 bits per heavy atom. The molecule has 5 heteroatoms. The summed E-state index contributed by atoms with van der Waals surface area (Å²) in [4.78, 5) is 13.4. The smallest absolute Gasteiger partial charge is 0.222 e. The minimum Gasteiger partial charge on any atom is -0.494 e. The molecule has 1 saturated heterocycles. The summed E-state index contributed by atoms with van der Waals surface area (Å²) in [6, 6.07) is 5.81. The fraction of sp³-hybridized carbons (Fsp3) is 0.500. The third kappa shape index (κ3) is 4.21. The summed E-state index contributed by atoms with van der Waals surface area (Å²) in [5, 5.41) is 9.34. The molecular weight excluding hydrogens is 249 g/mol. The molecule has 1 aromatic rings. The van der Waals surface area contributed by atoms with Gasteiger partial charge in [-0.3, -0.25) is 4.79 Å². The van der Waals surface area contributed by atoms with E-state index in [9.17, 15) is 14.3 Å². The maximum absolute atomic E-state index is 12.7. The number of aliphatic hydroxyl groups excluding tert-OH is 1. The summed E-state index contributed by atoms with van der Waals surface area (Å²) in [5.74, 6) is 0.361. The van der Waals surface area contributed by atoms with Gasteiger partial charge >= 0.3 is 0 Å². The van der Waals surface area contributed by atoms with E-state index in [1.54, 1.807) is 17.0 Å². The zero-order valence-corrected chi connectivity index (χ0v) is 10.7. The average Bonchev–Trinajstić information content (AvgIpc) is 2.83. The number of likely N-dealkylation sites (tertiary alicyclic amines) is 1. The number of hydrogen-bond acceptors (Lipinski definition) is 3. The summed E-state index contributed by atoms with van der Waals surface area (Å²) in [6.45, 7) is 1.50. The Bertz CT molecular complexity index is 421. The van der Waals surface area contributed by atoms with Gasteiger partial charge in [-0.25, -0.2) is 4.39 Å². The minimum absolute atomic E-state index is 0.0549. The number of ether oxygens (including phenoxy) is 1. The molecule has 0 spiro atoms. The molecule has 2 rings (SSSR count). The van der Waals surface area contributed by atoms with Gasteiger partial charge in [0.05, 0.1) is 12.7 Å². The van der Waals surface area contributed by atoms with Crippen LogP contribution < -0.4 is 4.74 Å². The predicted octanol–water partition coefficient (Wildman–Crippen LogP) is 1.58. The van der Waals surface area contributed by atoms with E-state index in [0.29, 0.717) is 44.7 Å². The molecule has 0 radical (unpaired) electrons. The summed E-state index contributed by atoms with van der Waals surface area (Å²) >= 11 is 0. The number of halogens is 1. The van der Waals surface area contributed by atoms with Crippen molar-refractivity contribution in [1.82, 2.24) is 4.90 Å². The molecular formula is C14H18FNO3. The Morgan fingerprint density at radius 2 is 2.16 bits per heavy atom. The fourth-order valence-electron chi connectivity index (χ4n) is 2.07. The van der Waals surface area contributed by atoms with Crippen molar-refractivity contribution in [3.8, 4) is 5.75 Å². The lowest BCUT2D eigenvalue weighted by Gasteiger charge is -2.15. The van der Waals surface area contributed by atoms with E-state index in [4.69, 9.17) is 4.74 Å². The van der Waals surface area contributed by atoms with E-state index in [-0.39, 0.29) is 17.8 Å². The molecule has 1 aromatic carbocycles. The normalized spacial score (nSPS) is 18.6. The van der Waals surface area contributed by atoms with Gasteiger partial charge in [0.1, 0.15) is 11.6 Å². The maximum Gasteiger partial charge on any atom is 0.222 e. The van der Waals surface area contributed by atoms with Crippen molar-refractivity contribution in [3.63, 3.8) is 0 Å². The lowest BCUT2D eigenvalue weighted by molar-refractivity contribution is -0.130. The zero-order chi connectivity index (χ0) is 13.7. The predicted molar refractivity (Wildman–Crippen MR) is 68.3 cm³/mol. The molecule has 1 fully saturated rings. The van der Waals surface area contributed by atoms with Gasteiger partial charge in [-0.15, -0.1) is 0 Å². The SMILES string of the molecule is O=C(CCCOc1ccc(F)cc1)N1CCC(O)C1. The molecule has 1 unspecified atom stereocenters. The van der Waals surface area contributed by atoms with Gasteiger partial charge in [-0.05, 0) is 37.1 Å². The highest BCUT2D eigenvalue weighted by atomic mass is 19.1. The molecule has 1 N–H and O–H groups in total. The quantitative estimate of drug-likeness (QED) is 0.824. The zero-order valence-electron chi connectivity index (χ0n) is 10.7. The van der Waals surface area contributed by atoms with Crippen LogP contribution in [0.15, 0.2) is 24.3 Å². The first-order chi connectivity index (χ1) is 9.15. The van der Waals surface area contributed by atoms with E-state index < -0.39 is 0 Å². The van der Waals surface area contributed by atoms with Crippen molar-refractivity contribution in [2.24, 2.45) is 0 Å². The topological polar surface area (TPSA) is 49.8 Å². The molecule has 0 saturated carbocycles. The number of carbonyl (C=O) groups is 1. The van der Waals surface area contributed by atoms with Crippen LogP contribution in [0.3, 0.4) is 0 Å². The van der Waals surface area contributed by atoms with E-state index in [1.807, 2.05) is 0 Å². The highest BCUT2D eigenvalue weighted by molar-refractivity contribution is 5.76. The lowest BCUT2D eigenvalue weighted by Crippen LogP contribution is -2.29. The summed E-state index contributed by atoms with van der Waals surface area (Å²) in [5.41, 5.74) is 0. The molecule has 0 aromatic heterocycles. The van der Waals surface area contributed by atoms with Crippen molar-refractivity contribution >= 4 is 5.91 Å². The molecule has 0 bridgehead atoms. The van der Waals surface area contributed by atoms with E-state index in [1.165, 1.54) is 12.1 Å². The number of aliphatic hydroxyl groups is 1. The van der Waals surface area contributed by atoms with E-state index >= 15 is 0 Å². The molecule has 1 amide bonds. The molecule has 0 aliphatic carbocycles. The second kappa shape index (κ2) is 6.52. The van der Waals surface area contributed by atoms with Crippen LogP contribution in [0.25, 0.3) is 0 Å². The van der Waals surface area contributed by atoms with E-state index in [2.05, 4.69) is 0 Å². The Morgan fingerprint density at radius 3 is 2.79 bits per heavy atom. The summed E-state index contributed by atoms with van der Waals surface area (Å²) < 4.78 is 18.1. The van der Waals surface area contributed by atoms with Crippen molar-refractivity contribution < 1.29 is 19.0 Å². The van der Waals surface area contributed by atoms with Crippen molar-refractivity contribution in [2.45, 2.75) is 25.4 Å². The largest absolute Gasteiger partial charge is 0.494 e. The molecule has 104 valence electrons. The Balaban J connectivity index is 1.64. The molecule has 1 aliphatic rings. The van der Waals surface area contributed by atoms with Gasteiger partial charge in [0, 0.05) is 19.5 Å². The standard InChI is InChI=1S/C14H18FNO3/c15-11-3-5-13(6-4-11)19-9-1-2-14(18)16-8-7-12(17)10-16/h3-6,12,17H,1-2,7-10H2. The first-order valence-corrected chi connectivity index (χ1v) is 6.49. The number of benzene rings is 1. The van der Waals surface area contributed by atoms with Gasteiger partial charge in [0.25, 0.3) is 0 Å². The Kier molecular flexibility index (Phi) is 4.74. The van der Waals surface area contributed by atoms with Crippen molar-refractivity contribution in [3.05, 3.63) is 30.1 Å². The number of hydrogen-bond donors (Lipinski definition) is 1. The van der Waals surface area contributed by atoms with Crippen LogP contribution >= 0.6 is 0 Å². The van der Waals surface area contributed by atoms with Crippen molar-refractivity contribution in [2.75, 3.05) is 19.7 Å². The third-order valence-corrected chi connectivity index (χ3v) is 3.13. The van der Waals surface area contributed by atoms with Gasteiger partial charge in [-0.2, -0.15) is 0 Å². The van der Waals surface area contributed by atoms with Crippen LogP contribution in [-0.2, 0) is 4.79 Å². The molecule has 1 heterocycles. The van der Waals surface area contributed by atoms with Crippen LogP contribution in [0.1, 0.15) is 19.3 Å². The van der Waals surface area contributed by atoms with Gasteiger partial charge < -0.3 is 14.7 Å². The lowest BCUT2D eigenvalue weighted by atomic mass is 10.3. The van der Waals surface area contributed by atoms with Crippen LogP contribution in [0.5, 0.6) is 5.75 Å². The Labute approximate surface area is 111 Å². The molecule has 1 aliphatic heterocycles. The van der Waals surface area contributed by atoms with Crippen LogP contribution in [-0.4, -0.2) is 41.7 Å². The summed E-state index contributed by atoms with van der Waals surface area (Å²) in [7, 11) is 0. The van der Waals surface area contributed by atoms with Gasteiger partial charge in [0.2, 0.25) is 5.91 Å². The molecule has 4 nitrogen and oxygen atoms in total. The number of nitrogens with zero attached hydrogens (tertiary/aromatic N) is 1. The minimum atomic E-state index is -0.376. The maximum atomic E-state index is 12.7. The summed E-state index contributed by atoms with van der Waals surface area (Å²) in [6.07, 6.45) is 1.31. The van der Waals surface area contributed by atoms with Gasteiger partial charge in [0.15, 0.2) is 0 Å². The number of amides is 1. The van der Waals surface area contributed by atoms with Gasteiger partial charge in [-0.1, -0.05) is 0 Å². The second-order valence-corrected chi connectivity index (χ2v) is 4.69. The number of carbonyl (C=O) groups excluding carboxylic acids is 1. The van der Waals surface area contributed by atoms with Crippen LogP contribution in [0.2, 0.25) is 0 Å². The first kappa shape index (κ1) is 13.8. The Hall–Kier alpha value is -1.62. The average molecular weight is 267 g/mol. The fourth-order valence-corrected chi connectivity index (χ4v) is 2.07. The second-order valence-electron chi connectivity index (χ2n) is 4.69. The highest BCUT2D eigenvalue weighted by Gasteiger charge is 2.23. The first-order valence-electron chi connectivity index (χ1n) is 6.49. The third-order valence-electron chi connectivity index (χ3n) is 3.13. The highest BCUT2D eigenvalue weighted by Crippen LogP contribution is 2.13. The molecule has 1 atom stereocenters. The number of rotatable bonds is 5. The number of β-amino-alcohol motifs (C(OH)–C–C–N with tert-alkyl or cyclic N) is 1.